The van der Waals surface area contributed by atoms with Crippen LogP contribution in [0.15, 0.2) is 116 Å². The number of aryl methyl sites for hydroxylation is 1. The Morgan fingerprint density at radius 3 is 2.32 bits per heavy atom. The molecule has 2 aliphatic heterocycles. The molecule has 2 aliphatic rings. The Morgan fingerprint density at radius 1 is 0.879 bits per heavy atom. The normalized spacial score (nSPS) is 14.7. The van der Waals surface area contributed by atoms with E-state index in [0.717, 1.165) is 105 Å². The first-order valence-electron chi connectivity index (χ1n) is 21.9. The Bertz CT molecular complexity index is 2710. The van der Waals surface area contributed by atoms with Crippen LogP contribution in [-0.2, 0) is 17.7 Å². The van der Waals surface area contributed by atoms with E-state index in [1.165, 1.54) is 30.6 Å². The summed E-state index contributed by atoms with van der Waals surface area (Å²) >= 11 is 6.14. The molecule has 0 atom stereocenters. The number of fused-ring (bicyclic) bond motifs is 2. The molecule has 12 nitrogen and oxygen atoms in total. The van der Waals surface area contributed by atoms with E-state index in [-0.39, 0.29) is 23.4 Å². The summed E-state index contributed by atoms with van der Waals surface area (Å²) in [6, 6.07) is 30.4. The van der Waals surface area contributed by atoms with Crippen LogP contribution in [0.3, 0.4) is 0 Å². The standard InChI is InChI=1S/C29H28ClF3N4O2.C20H22FN5O/c1-2-25-27(37-18-22(30)7-12-26(37)35-25)28(38)34-17-19-3-8-23(9-4-19)36-15-13-21(14-16-36)20-5-10-24(11-6-20)39-29(31,32)33;21-15-1-6-18-19(13-15)23-14-24-20(18)25-17-4-2-16(3-5-17)22-7-8-26-9-11-27-12-10-26/h3-12,18,21H,2,13-17H2,1H3,(H,34,38);1-6,13-14,22H,7-12H2,(H,23,24,25). The maximum absolute atomic E-state index is 13.4. The number of amides is 1. The van der Waals surface area contributed by atoms with Crippen LogP contribution in [0.25, 0.3) is 16.6 Å². The van der Waals surface area contributed by atoms with E-state index in [1.54, 1.807) is 40.9 Å². The van der Waals surface area contributed by atoms with Crippen molar-refractivity contribution in [1.29, 1.82) is 0 Å². The van der Waals surface area contributed by atoms with E-state index in [1.807, 2.05) is 43.3 Å². The Kier molecular flexibility index (Phi) is 14.8. The molecule has 0 aliphatic carbocycles. The molecule has 0 saturated carbocycles. The molecule has 17 heteroatoms. The zero-order valence-corrected chi connectivity index (χ0v) is 37.1. The highest BCUT2D eigenvalue weighted by molar-refractivity contribution is 6.30. The number of piperidine rings is 1. The van der Waals surface area contributed by atoms with Gasteiger partial charge in [-0.25, -0.2) is 19.3 Å². The van der Waals surface area contributed by atoms with Crippen molar-refractivity contribution in [1.82, 2.24) is 29.6 Å². The first kappa shape index (κ1) is 46.1. The molecule has 2 fully saturated rings. The van der Waals surface area contributed by atoms with Crippen LogP contribution in [0.2, 0.25) is 5.02 Å². The smallest absolute Gasteiger partial charge is 0.406 e. The minimum Gasteiger partial charge on any atom is -0.406 e. The minimum absolute atomic E-state index is 0.200. The van der Waals surface area contributed by atoms with Crippen molar-refractivity contribution in [3.63, 3.8) is 0 Å². The minimum atomic E-state index is -4.68. The summed E-state index contributed by atoms with van der Waals surface area (Å²) in [5.74, 6) is 0.241. The second-order valence-corrected chi connectivity index (χ2v) is 16.5. The molecule has 1 amide bonds. The fraction of sp³-hybridized carbons (Fsp3) is 0.306. The summed E-state index contributed by atoms with van der Waals surface area (Å²) in [4.78, 5) is 30.7. The van der Waals surface area contributed by atoms with Crippen LogP contribution >= 0.6 is 11.6 Å². The predicted molar refractivity (Wildman–Crippen MR) is 249 cm³/mol. The number of halogens is 5. The van der Waals surface area contributed by atoms with E-state index in [4.69, 9.17) is 16.3 Å². The molecule has 344 valence electrons. The number of ether oxygens (including phenoxy) is 2. The topological polar surface area (TPSA) is 121 Å². The lowest BCUT2D eigenvalue weighted by atomic mass is 9.89. The molecule has 0 unspecified atom stereocenters. The number of carbonyl (C=O) groups excluding carboxylic acids is 1. The van der Waals surface area contributed by atoms with Gasteiger partial charge in [-0.3, -0.25) is 14.1 Å². The average molecular weight is 924 g/mol. The second-order valence-electron chi connectivity index (χ2n) is 16.0. The number of hydrogen-bond donors (Lipinski definition) is 3. The van der Waals surface area contributed by atoms with Crippen LogP contribution in [0.1, 0.15) is 53.0 Å². The number of alkyl halides is 3. The molecular formula is C49H50ClF4N9O3. The second kappa shape index (κ2) is 21.2. The van der Waals surface area contributed by atoms with Crippen LogP contribution in [0.5, 0.6) is 5.75 Å². The maximum atomic E-state index is 13.4. The molecule has 0 spiro atoms. The van der Waals surface area contributed by atoms with Gasteiger partial charge in [-0.15, -0.1) is 13.2 Å². The number of pyridine rings is 1. The Balaban J connectivity index is 0.000000192. The van der Waals surface area contributed by atoms with Gasteiger partial charge in [0.1, 0.15) is 35.1 Å². The van der Waals surface area contributed by atoms with Crippen molar-refractivity contribution >= 4 is 56.9 Å². The lowest BCUT2D eigenvalue weighted by Gasteiger charge is -2.34. The zero-order valence-electron chi connectivity index (χ0n) is 36.3. The third kappa shape index (κ3) is 12.0. The van der Waals surface area contributed by atoms with E-state index >= 15 is 0 Å². The van der Waals surface area contributed by atoms with Gasteiger partial charge in [-0.2, -0.15) is 0 Å². The number of nitrogens with zero attached hydrogens (tertiary/aromatic N) is 6. The highest BCUT2D eigenvalue weighted by atomic mass is 35.5. The monoisotopic (exact) mass is 923 g/mol. The van der Waals surface area contributed by atoms with Gasteiger partial charge in [0, 0.05) is 80.5 Å². The number of carbonyl (C=O) groups is 1. The van der Waals surface area contributed by atoms with Gasteiger partial charge in [0.25, 0.3) is 5.91 Å². The van der Waals surface area contributed by atoms with Gasteiger partial charge in [-0.1, -0.05) is 42.8 Å². The summed E-state index contributed by atoms with van der Waals surface area (Å²) in [6.07, 6.45) is 0.890. The Morgan fingerprint density at radius 2 is 1.61 bits per heavy atom. The van der Waals surface area contributed by atoms with E-state index < -0.39 is 6.36 Å². The van der Waals surface area contributed by atoms with Crippen molar-refractivity contribution in [2.75, 3.05) is 68.0 Å². The molecular weight excluding hydrogens is 874 g/mol. The highest BCUT2D eigenvalue weighted by Gasteiger charge is 2.31. The fourth-order valence-corrected chi connectivity index (χ4v) is 8.34. The van der Waals surface area contributed by atoms with Crippen molar-refractivity contribution in [3.05, 3.63) is 149 Å². The summed E-state index contributed by atoms with van der Waals surface area (Å²) < 4.78 is 61.6. The van der Waals surface area contributed by atoms with Gasteiger partial charge in [0.2, 0.25) is 0 Å². The zero-order chi connectivity index (χ0) is 46.0. The fourth-order valence-electron chi connectivity index (χ4n) is 8.18. The van der Waals surface area contributed by atoms with Crippen LogP contribution in [0, 0.1) is 5.82 Å². The van der Waals surface area contributed by atoms with Crippen LogP contribution in [-0.4, -0.2) is 89.0 Å². The maximum Gasteiger partial charge on any atom is 0.573 e. The number of rotatable bonds is 13. The molecule has 2 saturated heterocycles. The molecule has 3 N–H and O–H groups in total. The van der Waals surface area contributed by atoms with E-state index in [9.17, 15) is 22.4 Å². The largest absolute Gasteiger partial charge is 0.573 e. The molecule has 0 bridgehead atoms. The van der Waals surface area contributed by atoms with Gasteiger partial charge in [-0.05, 0) is 109 Å². The third-order valence-electron chi connectivity index (χ3n) is 11.6. The van der Waals surface area contributed by atoms with Gasteiger partial charge < -0.3 is 30.3 Å². The van der Waals surface area contributed by atoms with Crippen molar-refractivity contribution in [2.24, 2.45) is 0 Å². The number of hydrogen-bond acceptors (Lipinski definition) is 10. The third-order valence-corrected chi connectivity index (χ3v) is 11.9. The average Bonchev–Trinajstić information content (AvgIpc) is 3.70. The summed E-state index contributed by atoms with van der Waals surface area (Å²) in [7, 11) is 0. The molecule has 4 aromatic carbocycles. The molecule has 5 heterocycles. The predicted octanol–water partition coefficient (Wildman–Crippen LogP) is 10.0. The van der Waals surface area contributed by atoms with Gasteiger partial charge in [0.15, 0.2) is 0 Å². The van der Waals surface area contributed by atoms with Crippen molar-refractivity contribution < 1.29 is 31.8 Å². The first-order valence-corrected chi connectivity index (χ1v) is 22.3. The number of benzene rings is 4. The summed E-state index contributed by atoms with van der Waals surface area (Å²) in [6.45, 7) is 9.59. The lowest BCUT2D eigenvalue weighted by Crippen LogP contribution is -2.38. The number of imidazole rings is 1. The number of aromatic nitrogens is 4. The summed E-state index contributed by atoms with van der Waals surface area (Å²) in [5, 5.41) is 11.0. The molecule has 3 aromatic heterocycles. The van der Waals surface area contributed by atoms with Crippen molar-refractivity contribution in [2.45, 2.75) is 45.0 Å². The quantitative estimate of drug-likeness (QED) is 0.0965. The van der Waals surface area contributed by atoms with Crippen LogP contribution in [0.4, 0.5) is 40.4 Å². The molecule has 0 radical (unpaired) electrons. The van der Waals surface area contributed by atoms with Crippen molar-refractivity contribution in [3.8, 4) is 5.75 Å². The lowest BCUT2D eigenvalue weighted by molar-refractivity contribution is -0.274. The highest BCUT2D eigenvalue weighted by Crippen LogP contribution is 2.33. The molecule has 7 aromatic rings. The van der Waals surface area contributed by atoms with E-state index in [2.05, 4.69) is 57.6 Å². The van der Waals surface area contributed by atoms with Gasteiger partial charge >= 0.3 is 6.36 Å². The van der Waals surface area contributed by atoms with Gasteiger partial charge in [0.05, 0.1) is 29.4 Å². The molecule has 9 rings (SSSR count). The number of nitrogens with one attached hydrogen (secondary N) is 3. The van der Waals surface area contributed by atoms with E-state index in [0.29, 0.717) is 40.7 Å². The number of morpholine rings is 1. The Labute approximate surface area is 384 Å². The van der Waals surface area contributed by atoms with Crippen LogP contribution < -0.4 is 25.6 Å². The molecule has 66 heavy (non-hydrogen) atoms. The summed E-state index contributed by atoms with van der Waals surface area (Å²) in [5.41, 5.74) is 7.57. The first-order chi connectivity index (χ1) is 32.0. The number of anilines is 4. The SMILES string of the molecule is CCc1nc2ccc(Cl)cn2c1C(=O)NCc1ccc(N2CCC(c3ccc(OC(F)(F)F)cc3)CC2)cc1.Fc1ccc2c(Nc3ccc(NCCN4CCOCC4)cc3)ncnc2c1. The Hall–Kier alpha value is -6.49.